The molecule has 1 aliphatic heterocycles. The van der Waals surface area contributed by atoms with Gasteiger partial charge in [0.05, 0.1) is 11.1 Å². The summed E-state index contributed by atoms with van der Waals surface area (Å²) in [5.41, 5.74) is 2.08. The maximum atomic E-state index is 12.9. The molecule has 1 atom stereocenters. The second kappa shape index (κ2) is 9.34. The van der Waals surface area contributed by atoms with Crippen molar-refractivity contribution in [2.24, 2.45) is 11.7 Å². The van der Waals surface area contributed by atoms with Crippen molar-refractivity contribution in [3.63, 3.8) is 0 Å². The Morgan fingerprint density at radius 2 is 1.62 bits per heavy atom. The minimum atomic E-state index is -4.98. The molecule has 1 aromatic rings. The molecule has 29 heavy (non-hydrogen) atoms. The van der Waals surface area contributed by atoms with Crippen molar-refractivity contribution in [3.05, 3.63) is 34.9 Å². The minimum absolute atomic E-state index is 0.00863. The molecule has 1 heterocycles. The number of piperidine rings is 1. The molecule has 0 aliphatic carbocycles. The summed E-state index contributed by atoms with van der Waals surface area (Å²) < 4.78 is 77.5. The van der Waals surface area contributed by atoms with E-state index >= 15 is 0 Å². The molecule has 0 unspecified atom stereocenters. The van der Waals surface area contributed by atoms with Crippen molar-refractivity contribution in [2.75, 3.05) is 26.2 Å². The fourth-order valence-electron chi connectivity index (χ4n) is 3.23. The van der Waals surface area contributed by atoms with Gasteiger partial charge in [-0.1, -0.05) is 0 Å². The molecule has 1 aromatic carbocycles. The van der Waals surface area contributed by atoms with Gasteiger partial charge in [-0.25, -0.2) is 0 Å². The van der Waals surface area contributed by atoms with Gasteiger partial charge in [-0.2, -0.15) is 26.3 Å². The number of halogens is 6. The third kappa shape index (κ3) is 7.18. The summed E-state index contributed by atoms with van der Waals surface area (Å²) in [7, 11) is 0. The monoisotopic (exact) mass is 425 g/mol. The number of carbonyl (C=O) groups excluding carboxylic acids is 1. The van der Waals surface area contributed by atoms with Crippen LogP contribution in [0.3, 0.4) is 0 Å². The van der Waals surface area contributed by atoms with Crippen molar-refractivity contribution in [2.45, 2.75) is 44.6 Å². The predicted molar refractivity (Wildman–Crippen MR) is 96.2 cm³/mol. The number of nitrogens with one attached hydrogen (secondary N) is 1. The Morgan fingerprint density at radius 3 is 2.07 bits per heavy atom. The number of nitrogens with zero attached hydrogens (tertiary/aromatic N) is 1. The lowest BCUT2D eigenvalue weighted by Gasteiger charge is -2.32. The molecule has 2 rings (SSSR count). The lowest BCUT2D eigenvalue weighted by atomic mass is 9.96. The summed E-state index contributed by atoms with van der Waals surface area (Å²) in [6, 6.07) is 1.01. The molecule has 164 valence electrons. The Morgan fingerprint density at radius 1 is 1.10 bits per heavy atom. The molecule has 0 radical (unpaired) electrons. The summed E-state index contributed by atoms with van der Waals surface area (Å²) in [5, 5.41) is 2.48. The smallest absolute Gasteiger partial charge is 0.352 e. The molecule has 3 N–H and O–H groups in total. The molecular formula is C19H25F6N3O. The van der Waals surface area contributed by atoms with Gasteiger partial charge < -0.3 is 16.0 Å². The van der Waals surface area contributed by atoms with Gasteiger partial charge in [-0.15, -0.1) is 0 Å². The number of rotatable bonds is 6. The zero-order valence-electron chi connectivity index (χ0n) is 16.0. The SMILES string of the molecule is C[C@@H](N)CCN1CCC(CNC(=O)c2cc(C(F)(F)F)cc(C(F)(F)F)c2)CC1. The van der Waals surface area contributed by atoms with Crippen LogP contribution < -0.4 is 11.1 Å². The van der Waals surface area contributed by atoms with E-state index in [1.54, 1.807) is 0 Å². The summed E-state index contributed by atoms with van der Waals surface area (Å²) in [6.07, 6.45) is -7.52. The molecule has 1 aliphatic rings. The summed E-state index contributed by atoms with van der Waals surface area (Å²) in [4.78, 5) is 14.5. The van der Waals surface area contributed by atoms with Gasteiger partial charge in [0.25, 0.3) is 5.91 Å². The number of nitrogens with two attached hydrogens (primary N) is 1. The topological polar surface area (TPSA) is 58.4 Å². The highest BCUT2D eigenvalue weighted by Crippen LogP contribution is 2.36. The van der Waals surface area contributed by atoms with E-state index in [0.717, 1.165) is 38.9 Å². The molecule has 1 saturated heterocycles. The van der Waals surface area contributed by atoms with Crippen LogP contribution in [0.4, 0.5) is 26.3 Å². The Kier molecular flexibility index (Phi) is 7.56. The van der Waals surface area contributed by atoms with Crippen LogP contribution in [0.1, 0.15) is 47.7 Å². The second-order valence-corrected chi connectivity index (χ2v) is 7.56. The molecule has 10 heteroatoms. The van der Waals surface area contributed by atoms with E-state index in [-0.39, 0.29) is 24.6 Å². The quantitative estimate of drug-likeness (QED) is 0.680. The number of hydrogen-bond acceptors (Lipinski definition) is 3. The van der Waals surface area contributed by atoms with E-state index in [1.165, 1.54) is 0 Å². The standard InChI is InChI=1S/C19H25F6N3O/c1-12(26)2-5-28-6-3-13(4-7-28)11-27-17(29)14-8-15(18(20,21)22)10-16(9-14)19(23,24)25/h8-10,12-13H,2-7,11,26H2,1H3,(H,27,29)/t12-/m1/s1. The van der Waals surface area contributed by atoms with Gasteiger partial charge >= 0.3 is 12.4 Å². The fourth-order valence-corrected chi connectivity index (χ4v) is 3.23. The number of benzene rings is 1. The Labute approximate surface area is 165 Å². The Hall–Kier alpha value is -1.81. The molecule has 0 saturated carbocycles. The van der Waals surface area contributed by atoms with Crippen LogP contribution >= 0.6 is 0 Å². The van der Waals surface area contributed by atoms with Crippen molar-refractivity contribution in [3.8, 4) is 0 Å². The number of carbonyl (C=O) groups is 1. The molecule has 0 aromatic heterocycles. The van der Waals surface area contributed by atoms with E-state index in [9.17, 15) is 31.1 Å². The molecular weight excluding hydrogens is 400 g/mol. The predicted octanol–water partition coefficient (Wildman–Crippen LogP) is 3.90. The van der Waals surface area contributed by atoms with Gasteiger partial charge in [0.15, 0.2) is 0 Å². The first-order valence-corrected chi connectivity index (χ1v) is 9.42. The highest BCUT2D eigenvalue weighted by molar-refractivity contribution is 5.94. The maximum absolute atomic E-state index is 12.9. The Bertz CT molecular complexity index is 662. The van der Waals surface area contributed by atoms with Crippen LogP contribution in [0, 0.1) is 5.92 Å². The van der Waals surface area contributed by atoms with E-state index < -0.39 is 35.0 Å². The highest BCUT2D eigenvalue weighted by Gasteiger charge is 2.37. The van der Waals surface area contributed by atoms with Crippen molar-refractivity contribution in [1.29, 1.82) is 0 Å². The van der Waals surface area contributed by atoms with Crippen LogP contribution in [0.25, 0.3) is 0 Å². The molecule has 0 bridgehead atoms. The zero-order chi connectivity index (χ0) is 21.8. The third-order valence-electron chi connectivity index (χ3n) is 5.01. The molecule has 0 spiro atoms. The number of hydrogen-bond donors (Lipinski definition) is 2. The average molecular weight is 425 g/mol. The molecule has 4 nitrogen and oxygen atoms in total. The van der Waals surface area contributed by atoms with Crippen molar-refractivity contribution >= 4 is 5.91 Å². The molecule has 1 amide bonds. The number of alkyl halides is 6. The van der Waals surface area contributed by atoms with E-state index in [1.807, 2.05) is 6.92 Å². The van der Waals surface area contributed by atoms with Gasteiger partial charge in [0.1, 0.15) is 0 Å². The first-order valence-electron chi connectivity index (χ1n) is 9.42. The summed E-state index contributed by atoms with van der Waals surface area (Å²) in [5.74, 6) is -0.820. The zero-order valence-corrected chi connectivity index (χ0v) is 16.0. The van der Waals surface area contributed by atoms with E-state index in [4.69, 9.17) is 5.73 Å². The summed E-state index contributed by atoms with van der Waals surface area (Å²) in [6.45, 7) is 4.64. The van der Waals surface area contributed by atoms with Gasteiger partial charge in [0.2, 0.25) is 0 Å². The van der Waals surface area contributed by atoms with Crippen molar-refractivity contribution < 1.29 is 31.1 Å². The molecule has 1 fully saturated rings. The van der Waals surface area contributed by atoms with Crippen LogP contribution in [0.5, 0.6) is 0 Å². The van der Waals surface area contributed by atoms with Crippen LogP contribution in [0.2, 0.25) is 0 Å². The first kappa shape index (κ1) is 23.5. The average Bonchev–Trinajstić information content (AvgIpc) is 2.63. The fraction of sp³-hybridized carbons (Fsp3) is 0.632. The highest BCUT2D eigenvalue weighted by atomic mass is 19.4. The van der Waals surface area contributed by atoms with Gasteiger partial charge in [-0.05, 0) is 69.9 Å². The third-order valence-corrected chi connectivity index (χ3v) is 5.01. The second-order valence-electron chi connectivity index (χ2n) is 7.56. The van der Waals surface area contributed by atoms with Gasteiger partial charge in [0, 0.05) is 18.2 Å². The lowest BCUT2D eigenvalue weighted by Crippen LogP contribution is -2.40. The van der Waals surface area contributed by atoms with Gasteiger partial charge in [-0.3, -0.25) is 4.79 Å². The lowest BCUT2D eigenvalue weighted by molar-refractivity contribution is -0.143. The summed E-state index contributed by atoms with van der Waals surface area (Å²) >= 11 is 0. The van der Waals surface area contributed by atoms with E-state index in [0.29, 0.717) is 12.1 Å². The minimum Gasteiger partial charge on any atom is -0.352 e. The van der Waals surface area contributed by atoms with E-state index in [2.05, 4.69) is 10.2 Å². The van der Waals surface area contributed by atoms with Crippen LogP contribution in [-0.4, -0.2) is 43.0 Å². The number of amides is 1. The largest absolute Gasteiger partial charge is 0.416 e. The van der Waals surface area contributed by atoms with Crippen LogP contribution in [-0.2, 0) is 12.4 Å². The van der Waals surface area contributed by atoms with Crippen LogP contribution in [0.15, 0.2) is 18.2 Å². The maximum Gasteiger partial charge on any atom is 0.416 e. The normalized spacial score (nSPS) is 17.9. The number of likely N-dealkylation sites (tertiary alicyclic amines) is 1. The first-order chi connectivity index (χ1) is 13.4. The Balaban J connectivity index is 1.97. The van der Waals surface area contributed by atoms with Crippen molar-refractivity contribution in [1.82, 2.24) is 10.2 Å².